The molecule has 4 N–H and O–H groups in total. The van der Waals surface area contributed by atoms with Gasteiger partial charge in [-0.05, 0) is 71.1 Å². The maximum atomic E-state index is 14.2. The van der Waals surface area contributed by atoms with Crippen molar-refractivity contribution in [2.75, 3.05) is 5.32 Å². The molecule has 1 saturated carbocycles. The quantitative estimate of drug-likeness (QED) is 0.440. The molecule has 0 radical (unpaired) electrons. The Hall–Kier alpha value is -3.88. The summed E-state index contributed by atoms with van der Waals surface area (Å²) in [5.74, 6) is -1.60. The summed E-state index contributed by atoms with van der Waals surface area (Å²) in [6.07, 6.45) is -0.604. The first-order valence-corrected chi connectivity index (χ1v) is 13.2. The highest BCUT2D eigenvalue weighted by atomic mass is 16.6. The topological polar surface area (TPSA) is 131 Å². The first-order valence-electron chi connectivity index (χ1n) is 13.2. The number of hydrogen-bond acceptors (Lipinski definition) is 5. The second kappa shape index (κ2) is 11.9. The molecule has 3 rings (SSSR count). The van der Waals surface area contributed by atoms with Gasteiger partial charge in [0.1, 0.15) is 17.7 Å². The van der Waals surface area contributed by atoms with E-state index in [4.69, 9.17) is 10.5 Å². The SMILES string of the molecule is Cc1cc(C)cc(C(C(=O)Nc2ccccc2C)N(C(=O)C(CC(N)=O)NC(=O)OC(C)(C)C)C2CC2C)c1. The van der Waals surface area contributed by atoms with Crippen LogP contribution in [0.5, 0.6) is 0 Å². The van der Waals surface area contributed by atoms with Gasteiger partial charge in [-0.2, -0.15) is 0 Å². The molecule has 2 aromatic carbocycles. The Balaban J connectivity index is 2.07. The number of carbonyl (C=O) groups is 4. The molecule has 0 aliphatic heterocycles. The lowest BCUT2D eigenvalue weighted by Crippen LogP contribution is -2.54. The van der Waals surface area contributed by atoms with Crippen molar-refractivity contribution in [2.45, 2.75) is 85.0 Å². The third-order valence-electron chi connectivity index (χ3n) is 6.56. The standard InChI is InChI=1S/C30H40N4O5/c1-17-12-18(2)14-21(13-17)26(27(36)32-22-11-9-8-10-19(22)3)34(24-15-20(24)4)28(37)23(16-25(31)35)33-29(38)39-30(5,6)7/h8-14,20,23-24,26H,15-16H2,1-7H3,(H2,31,35)(H,32,36)(H,33,38). The number of aryl methyl sites for hydroxylation is 3. The van der Waals surface area contributed by atoms with Crippen molar-refractivity contribution in [1.29, 1.82) is 0 Å². The van der Waals surface area contributed by atoms with E-state index in [9.17, 15) is 19.2 Å². The third kappa shape index (κ3) is 8.05. The van der Waals surface area contributed by atoms with Crippen LogP contribution in [-0.4, -0.2) is 46.4 Å². The first kappa shape index (κ1) is 29.7. The molecule has 1 aliphatic carbocycles. The lowest BCUT2D eigenvalue weighted by atomic mass is 9.97. The molecule has 0 heterocycles. The number of nitrogens with two attached hydrogens (primary N) is 1. The van der Waals surface area contributed by atoms with Crippen LogP contribution < -0.4 is 16.4 Å². The highest BCUT2D eigenvalue weighted by molar-refractivity contribution is 6.00. The maximum absolute atomic E-state index is 14.2. The fraction of sp³-hybridized carbons (Fsp3) is 0.467. The number of hydrogen-bond donors (Lipinski definition) is 3. The van der Waals surface area contributed by atoms with Crippen LogP contribution >= 0.6 is 0 Å². The van der Waals surface area contributed by atoms with E-state index in [0.29, 0.717) is 17.7 Å². The lowest BCUT2D eigenvalue weighted by Gasteiger charge is -2.35. The molecular formula is C30H40N4O5. The maximum Gasteiger partial charge on any atom is 0.408 e. The van der Waals surface area contributed by atoms with Crippen molar-refractivity contribution in [3.63, 3.8) is 0 Å². The van der Waals surface area contributed by atoms with Gasteiger partial charge in [0, 0.05) is 11.7 Å². The number of nitrogens with zero attached hydrogens (tertiary/aromatic N) is 1. The minimum atomic E-state index is -1.30. The molecular weight excluding hydrogens is 496 g/mol. The first-order chi connectivity index (χ1) is 18.2. The van der Waals surface area contributed by atoms with Gasteiger partial charge < -0.3 is 26.0 Å². The molecule has 0 bridgehead atoms. The number of benzene rings is 2. The summed E-state index contributed by atoms with van der Waals surface area (Å²) in [5.41, 5.74) is 8.69. The largest absolute Gasteiger partial charge is 0.444 e. The van der Waals surface area contributed by atoms with Gasteiger partial charge in [-0.15, -0.1) is 0 Å². The molecule has 1 fully saturated rings. The van der Waals surface area contributed by atoms with E-state index in [1.807, 2.05) is 64.1 Å². The Kier molecular flexibility index (Phi) is 9.04. The van der Waals surface area contributed by atoms with Crippen molar-refractivity contribution in [3.8, 4) is 0 Å². The molecule has 1 aliphatic rings. The van der Waals surface area contributed by atoms with E-state index in [0.717, 1.165) is 16.7 Å². The Morgan fingerprint density at radius 1 is 1.05 bits per heavy atom. The zero-order valence-corrected chi connectivity index (χ0v) is 23.8. The molecule has 0 spiro atoms. The molecule has 9 nitrogen and oxygen atoms in total. The van der Waals surface area contributed by atoms with E-state index in [1.165, 1.54) is 4.90 Å². The summed E-state index contributed by atoms with van der Waals surface area (Å²) in [6.45, 7) is 12.8. The van der Waals surface area contributed by atoms with Gasteiger partial charge in [0.25, 0.3) is 5.91 Å². The Bertz CT molecular complexity index is 1230. The number of rotatable bonds is 9. The molecule has 39 heavy (non-hydrogen) atoms. The highest BCUT2D eigenvalue weighted by Crippen LogP contribution is 2.41. The second-order valence-electron chi connectivity index (χ2n) is 11.5. The molecule has 0 aromatic heterocycles. The van der Waals surface area contributed by atoms with Crippen LogP contribution in [0.2, 0.25) is 0 Å². The van der Waals surface area contributed by atoms with E-state index in [1.54, 1.807) is 26.8 Å². The summed E-state index contributed by atoms with van der Waals surface area (Å²) in [7, 11) is 0. The fourth-order valence-electron chi connectivity index (χ4n) is 4.72. The number of para-hydroxylation sites is 1. The lowest BCUT2D eigenvalue weighted by molar-refractivity contribution is -0.142. The Morgan fingerprint density at radius 3 is 2.15 bits per heavy atom. The average Bonchev–Trinajstić information content (AvgIpc) is 3.51. The van der Waals surface area contributed by atoms with Gasteiger partial charge in [-0.1, -0.05) is 54.4 Å². The summed E-state index contributed by atoms with van der Waals surface area (Å²) in [6, 6.07) is 10.6. The van der Waals surface area contributed by atoms with Crippen LogP contribution in [0.15, 0.2) is 42.5 Å². The normalized spacial score (nSPS) is 17.9. The Labute approximate surface area is 230 Å². The van der Waals surface area contributed by atoms with Crippen molar-refractivity contribution in [3.05, 3.63) is 64.7 Å². The molecule has 4 amide bonds. The van der Waals surface area contributed by atoms with Gasteiger partial charge in [0.15, 0.2) is 0 Å². The number of ether oxygens (including phenoxy) is 1. The summed E-state index contributed by atoms with van der Waals surface area (Å²) >= 11 is 0. The smallest absolute Gasteiger partial charge is 0.408 e. The average molecular weight is 537 g/mol. The Morgan fingerprint density at radius 2 is 1.64 bits per heavy atom. The van der Waals surface area contributed by atoms with Gasteiger partial charge in [0.2, 0.25) is 11.8 Å². The predicted octanol–water partition coefficient (Wildman–Crippen LogP) is 4.30. The predicted molar refractivity (Wildman–Crippen MR) is 150 cm³/mol. The van der Waals surface area contributed by atoms with E-state index >= 15 is 0 Å². The zero-order valence-electron chi connectivity index (χ0n) is 23.8. The highest BCUT2D eigenvalue weighted by Gasteiger charge is 2.48. The minimum Gasteiger partial charge on any atom is -0.444 e. The number of alkyl carbamates (subject to hydrolysis) is 1. The molecule has 0 saturated heterocycles. The molecule has 9 heteroatoms. The van der Waals surface area contributed by atoms with Crippen molar-refractivity contribution in [2.24, 2.45) is 11.7 Å². The zero-order chi connectivity index (χ0) is 29.1. The van der Waals surface area contributed by atoms with Gasteiger partial charge >= 0.3 is 6.09 Å². The summed E-state index contributed by atoms with van der Waals surface area (Å²) in [4.78, 5) is 54.3. The van der Waals surface area contributed by atoms with Crippen molar-refractivity contribution < 1.29 is 23.9 Å². The van der Waals surface area contributed by atoms with Gasteiger partial charge in [-0.3, -0.25) is 14.4 Å². The third-order valence-corrected chi connectivity index (χ3v) is 6.56. The molecule has 4 unspecified atom stereocenters. The number of carbonyl (C=O) groups excluding carboxylic acids is 4. The fourth-order valence-corrected chi connectivity index (χ4v) is 4.72. The van der Waals surface area contributed by atoms with Crippen LogP contribution in [0.4, 0.5) is 10.5 Å². The van der Waals surface area contributed by atoms with Crippen LogP contribution in [0.1, 0.15) is 68.8 Å². The van der Waals surface area contributed by atoms with E-state index in [-0.39, 0.29) is 12.0 Å². The number of anilines is 1. The molecule has 210 valence electrons. The van der Waals surface area contributed by atoms with Crippen LogP contribution in [0, 0.1) is 26.7 Å². The van der Waals surface area contributed by atoms with Crippen molar-refractivity contribution in [1.82, 2.24) is 10.2 Å². The van der Waals surface area contributed by atoms with Gasteiger partial charge in [0.05, 0.1) is 6.42 Å². The van der Waals surface area contributed by atoms with Crippen LogP contribution in [0.25, 0.3) is 0 Å². The van der Waals surface area contributed by atoms with Crippen molar-refractivity contribution >= 4 is 29.5 Å². The van der Waals surface area contributed by atoms with Gasteiger partial charge in [-0.25, -0.2) is 4.79 Å². The van der Waals surface area contributed by atoms with E-state index < -0.39 is 47.9 Å². The summed E-state index contributed by atoms with van der Waals surface area (Å²) in [5, 5.41) is 5.52. The molecule has 2 aromatic rings. The monoisotopic (exact) mass is 536 g/mol. The van der Waals surface area contributed by atoms with Crippen LogP contribution in [-0.2, 0) is 19.1 Å². The minimum absolute atomic E-state index is 0.129. The summed E-state index contributed by atoms with van der Waals surface area (Å²) < 4.78 is 5.34. The number of amides is 4. The second-order valence-corrected chi connectivity index (χ2v) is 11.5. The van der Waals surface area contributed by atoms with Crippen LogP contribution in [0.3, 0.4) is 0 Å². The number of primary amides is 1. The van der Waals surface area contributed by atoms with E-state index in [2.05, 4.69) is 10.6 Å². The molecule has 4 atom stereocenters. The number of nitrogens with one attached hydrogen (secondary N) is 2.